The molecule has 0 aromatic heterocycles. The van der Waals surface area contributed by atoms with Gasteiger partial charge in [-0.05, 0) is 18.8 Å². The van der Waals surface area contributed by atoms with Gasteiger partial charge in [0.15, 0.2) is 11.6 Å². The number of nitro benzene ring substituents is 1. The second-order valence-electron chi connectivity index (χ2n) is 5.02. The van der Waals surface area contributed by atoms with Gasteiger partial charge in [-0.3, -0.25) is 10.1 Å². The highest BCUT2D eigenvalue weighted by atomic mass is 32.2. The number of nitrogens with zero attached hydrogens (tertiary/aromatic N) is 1. The van der Waals surface area contributed by atoms with Crippen molar-refractivity contribution in [1.82, 2.24) is 0 Å². The number of sulfonamides is 1. The summed E-state index contributed by atoms with van der Waals surface area (Å²) in [7, 11) is -4.33. The Balaban J connectivity index is 2.35. The smallest absolute Gasteiger partial charge is 0.274 e. The van der Waals surface area contributed by atoms with Crippen LogP contribution in [-0.2, 0) is 10.0 Å². The fraction of sp³-hybridized carbons (Fsp3) is 0.500. The number of hydrogen-bond acceptors (Lipinski definition) is 5. The minimum Gasteiger partial charge on any atom is -0.489 e. The van der Waals surface area contributed by atoms with Crippen LogP contribution in [0.1, 0.15) is 25.7 Å². The van der Waals surface area contributed by atoms with Gasteiger partial charge in [0.25, 0.3) is 5.69 Å². The first-order valence-corrected chi connectivity index (χ1v) is 7.97. The van der Waals surface area contributed by atoms with Crippen molar-refractivity contribution in [3.05, 3.63) is 28.1 Å². The lowest BCUT2D eigenvalue weighted by molar-refractivity contribution is -0.385. The molecule has 0 unspecified atom stereocenters. The van der Waals surface area contributed by atoms with E-state index in [0.29, 0.717) is 12.1 Å². The number of hydrogen-bond donors (Lipinski definition) is 1. The highest BCUT2D eigenvalue weighted by Crippen LogP contribution is 2.33. The zero-order chi connectivity index (χ0) is 15.6. The van der Waals surface area contributed by atoms with Gasteiger partial charge in [0.2, 0.25) is 10.0 Å². The van der Waals surface area contributed by atoms with Gasteiger partial charge in [-0.15, -0.1) is 0 Å². The van der Waals surface area contributed by atoms with Crippen molar-refractivity contribution in [3.63, 3.8) is 0 Å². The maximum Gasteiger partial charge on any atom is 0.274 e. The lowest BCUT2D eigenvalue weighted by atomic mass is 10.1. The molecule has 1 aliphatic rings. The molecule has 0 saturated heterocycles. The van der Waals surface area contributed by atoms with Crippen LogP contribution in [0.15, 0.2) is 17.0 Å². The topological polar surface area (TPSA) is 113 Å². The van der Waals surface area contributed by atoms with Crippen molar-refractivity contribution in [2.24, 2.45) is 11.1 Å². The summed E-state index contributed by atoms with van der Waals surface area (Å²) in [5.41, 5.74) is -0.690. The van der Waals surface area contributed by atoms with E-state index in [2.05, 4.69) is 0 Å². The molecule has 9 heteroatoms. The predicted octanol–water partition coefficient (Wildman–Crippen LogP) is 1.95. The van der Waals surface area contributed by atoms with E-state index < -0.39 is 37.1 Å². The van der Waals surface area contributed by atoms with Crippen LogP contribution in [0.4, 0.5) is 10.1 Å². The Kier molecular flexibility index (Phi) is 4.43. The summed E-state index contributed by atoms with van der Waals surface area (Å²) in [6.07, 6.45) is 3.97. The minimum atomic E-state index is -4.33. The van der Waals surface area contributed by atoms with E-state index >= 15 is 0 Å². The van der Waals surface area contributed by atoms with Crippen LogP contribution >= 0.6 is 0 Å². The zero-order valence-electron chi connectivity index (χ0n) is 11.1. The first-order chi connectivity index (χ1) is 9.79. The van der Waals surface area contributed by atoms with Gasteiger partial charge in [-0.1, -0.05) is 12.8 Å². The molecule has 0 spiro atoms. The van der Waals surface area contributed by atoms with E-state index in [-0.39, 0.29) is 12.5 Å². The van der Waals surface area contributed by atoms with Crippen molar-refractivity contribution < 1.29 is 22.5 Å². The summed E-state index contributed by atoms with van der Waals surface area (Å²) in [5.74, 6) is -1.42. The summed E-state index contributed by atoms with van der Waals surface area (Å²) >= 11 is 0. The highest BCUT2D eigenvalue weighted by molar-refractivity contribution is 7.89. The fourth-order valence-electron chi connectivity index (χ4n) is 2.39. The number of nitrogens with two attached hydrogens (primary N) is 1. The lowest BCUT2D eigenvalue weighted by Crippen LogP contribution is -2.17. The van der Waals surface area contributed by atoms with E-state index in [0.717, 1.165) is 25.7 Å². The molecular formula is C12H15FN2O5S. The van der Waals surface area contributed by atoms with Crippen LogP contribution in [-0.4, -0.2) is 19.9 Å². The van der Waals surface area contributed by atoms with E-state index in [1.165, 1.54) is 0 Å². The Morgan fingerprint density at radius 3 is 2.52 bits per heavy atom. The molecule has 1 saturated carbocycles. The molecule has 0 heterocycles. The molecule has 0 atom stereocenters. The second-order valence-corrected chi connectivity index (χ2v) is 6.55. The van der Waals surface area contributed by atoms with Gasteiger partial charge < -0.3 is 4.74 Å². The SMILES string of the molecule is NS(=O)(=O)c1cc([N+](=O)[O-])cc(F)c1OCC1CCCC1. The summed E-state index contributed by atoms with van der Waals surface area (Å²) in [6, 6.07) is 1.33. The van der Waals surface area contributed by atoms with Crippen LogP contribution in [0.5, 0.6) is 5.75 Å². The summed E-state index contributed by atoms with van der Waals surface area (Å²) in [4.78, 5) is 9.08. The summed E-state index contributed by atoms with van der Waals surface area (Å²) in [5, 5.41) is 15.7. The molecule has 0 radical (unpaired) electrons. The third kappa shape index (κ3) is 3.67. The quantitative estimate of drug-likeness (QED) is 0.658. The van der Waals surface area contributed by atoms with Crippen molar-refractivity contribution in [2.75, 3.05) is 6.61 Å². The van der Waals surface area contributed by atoms with Crippen molar-refractivity contribution in [3.8, 4) is 5.75 Å². The standard InChI is InChI=1S/C12H15FN2O5S/c13-10-5-9(15(16)17)6-11(21(14,18)19)12(10)20-7-8-3-1-2-4-8/h5-6,8H,1-4,7H2,(H2,14,18,19). The third-order valence-electron chi connectivity index (χ3n) is 3.45. The van der Waals surface area contributed by atoms with Crippen molar-refractivity contribution in [2.45, 2.75) is 30.6 Å². The largest absolute Gasteiger partial charge is 0.489 e. The normalized spacial score (nSPS) is 16.1. The van der Waals surface area contributed by atoms with Crippen molar-refractivity contribution >= 4 is 15.7 Å². The Hall–Kier alpha value is -1.74. The number of halogens is 1. The average molecular weight is 318 g/mol. The molecule has 1 aromatic carbocycles. The number of ether oxygens (including phenoxy) is 1. The van der Waals surface area contributed by atoms with Gasteiger partial charge >= 0.3 is 0 Å². The van der Waals surface area contributed by atoms with Gasteiger partial charge in [0.1, 0.15) is 4.90 Å². The Labute approximate surface area is 121 Å². The zero-order valence-corrected chi connectivity index (χ0v) is 11.9. The Morgan fingerprint density at radius 1 is 1.38 bits per heavy atom. The average Bonchev–Trinajstić information content (AvgIpc) is 2.88. The highest BCUT2D eigenvalue weighted by Gasteiger charge is 2.26. The second kappa shape index (κ2) is 5.94. The number of benzene rings is 1. The maximum atomic E-state index is 13.9. The third-order valence-corrected chi connectivity index (χ3v) is 4.37. The van der Waals surface area contributed by atoms with Crippen LogP contribution in [0, 0.1) is 21.8 Å². The number of nitro groups is 1. The van der Waals surface area contributed by atoms with Gasteiger partial charge in [0, 0.05) is 6.07 Å². The van der Waals surface area contributed by atoms with E-state index in [1.54, 1.807) is 0 Å². The molecule has 2 N–H and O–H groups in total. The molecule has 0 aliphatic heterocycles. The molecule has 21 heavy (non-hydrogen) atoms. The van der Waals surface area contributed by atoms with Crippen molar-refractivity contribution in [1.29, 1.82) is 0 Å². The van der Waals surface area contributed by atoms with E-state index in [4.69, 9.17) is 9.88 Å². The van der Waals surface area contributed by atoms with Crippen LogP contribution in [0.25, 0.3) is 0 Å². The van der Waals surface area contributed by atoms with Gasteiger partial charge in [-0.2, -0.15) is 0 Å². The molecule has 1 aromatic rings. The molecule has 1 aliphatic carbocycles. The minimum absolute atomic E-state index is 0.164. The summed E-state index contributed by atoms with van der Waals surface area (Å²) < 4.78 is 42.2. The molecular weight excluding hydrogens is 303 g/mol. The molecule has 1 fully saturated rings. The Bertz CT molecular complexity index is 656. The fourth-order valence-corrected chi connectivity index (χ4v) is 3.09. The first-order valence-electron chi connectivity index (χ1n) is 6.42. The monoisotopic (exact) mass is 318 g/mol. The van der Waals surface area contributed by atoms with E-state index in [1.807, 2.05) is 0 Å². The molecule has 0 bridgehead atoms. The number of non-ortho nitro benzene ring substituents is 1. The number of primary sulfonamides is 1. The molecule has 2 rings (SSSR count). The molecule has 0 amide bonds. The van der Waals surface area contributed by atoms with Crippen LogP contribution in [0.2, 0.25) is 0 Å². The first kappa shape index (κ1) is 15.6. The summed E-state index contributed by atoms with van der Waals surface area (Å²) in [6.45, 7) is 0.164. The van der Waals surface area contributed by atoms with Gasteiger partial charge in [0.05, 0.1) is 17.6 Å². The lowest BCUT2D eigenvalue weighted by Gasteiger charge is -2.14. The van der Waals surface area contributed by atoms with Crippen LogP contribution in [0.3, 0.4) is 0 Å². The van der Waals surface area contributed by atoms with Crippen LogP contribution < -0.4 is 9.88 Å². The Morgan fingerprint density at radius 2 is 2.00 bits per heavy atom. The number of rotatable bonds is 5. The predicted molar refractivity (Wildman–Crippen MR) is 71.9 cm³/mol. The molecule has 7 nitrogen and oxygen atoms in total. The van der Waals surface area contributed by atoms with E-state index in [9.17, 15) is 22.9 Å². The van der Waals surface area contributed by atoms with Gasteiger partial charge in [-0.25, -0.2) is 17.9 Å². The molecule has 116 valence electrons. The maximum absolute atomic E-state index is 13.9.